The van der Waals surface area contributed by atoms with E-state index < -0.39 is 0 Å². The maximum atomic E-state index is 13.0. The van der Waals surface area contributed by atoms with Crippen molar-refractivity contribution in [2.24, 2.45) is 0 Å². The molecule has 0 radical (unpaired) electrons. The van der Waals surface area contributed by atoms with Crippen molar-refractivity contribution in [3.8, 4) is 11.5 Å². The van der Waals surface area contributed by atoms with Crippen molar-refractivity contribution in [2.75, 3.05) is 12.3 Å². The van der Waals surface area contributed by atoms with Gasteiger partial charge < -0.3 is 9.64 Å². The molecule has 0 saturated carbocycles. The van der Waals surface area contributed by atoms with Gasteiger partial charge in [0, 0.05) is 22.9 Å². The van der Waals surface area contributed by atoms with Crippen molar-refractivity contribution in [3.63, 3.8) is 0 Å². The smallest absolute Gasteiger partial charge is 0.255 e. The molecule has 1 heterocycles. The van der Waals surface area contributed by atoms with Crippen LogP contribution in [-0.2, 0) is 0 Å². The fourth-order valence-electron chi connectivity index (χ4n) is 3.04. The number of para-hydroxylation sites is 1. The predicted molar refractivity (Wildman–Crippen MR) is 111 cm³/mol. The average Bonchev–Trinajstić information content (AvgIpc) is 3.19. The van der Waals surface area contributed by atoms with Crippen LogP contribution >= 0.6 is 23.4 Å². The van der Waals surface area contributed by atoms with Crippen LogP contribution in [0.4, 0.5) is 0 Å². The van der Waals surface area contributed by atoms with E-state index in [-0.39, 0.29) is 11.3 Å². The van der Waals surface area contributed by atoms with Gasteiger partial charge >= 0.3 is 0 Å². The van der Waals surface area contributed by atoms with Gasteiger partial charge in [0.15, 0.2) is 0 Å². The summed E-state index contributed by atoms with van der Waals surface area (Å²) in [7, 11) is 0. The van der Waals surface area contributed by atoms with E-state index in [1.54, 1.807) is 11.8 Å². The summed E-state index contributed by atoms with van der Waals surface area (Å²) in [5.41, 5.74) is 1.76. The fourth-order valence-corrected chi connectivity index (χ4v) is 4.42. The first-order valence-corrected chi connectivity index (χ1v) is 10.1. The Morgan fingerprint density at radius 1 is 0.926 bits per heavy atom. The lowest BCUT2D eigenvalue weighted by atomic mass is 10.1. The maximum Gasteiger partial charge on any atom is 0.255 e. The van der Waals surface area contributed by atoms with Crippen molar-refractivity contribution < 1.29 is 9.53 Å². The van der Waals surface area contributed by atoms with Crippen LogP contribution in [0.25, 0.3) is 0 Å². The van der Waals surface area contributed by atoms with Crippen LogP contribution < -0.4 is 4.74 Å². The lowest BCUT2D eigenvalue weighted by Gasteiger charge is -2.24. The number of hydrogen-bond donors (Lipinski definition) is 0. The normalized spacial score (nSPS) is 16.3. The Bertz CT molecular complexity index is 913. The second-order valence-electron chi connectivity index (χ2n) is 6.21. The second kappa shape index (κ2) is 8.07. The number of ether oxygens (including phenoxy) is 1. The molecule has 3 nitrogen and oxygen atoms in total. The molecule has 0 bridgehead atoms. The van der Waals surface area contributed by atoms with Gasteiger partial charge in [-0.15, -0.1) is 11.8 Å². The van der Waals surface area contributed by atoms with Crippen LogP contribution in [0, 0.1) is 0 Å². The quantitative estimate of drug-likeness (QED) is 0.541. The van der Waals surface area contributed by atoms with Crippen molar-refractivity contribution >= 4 is 29.3 Å². The lowest BCUT2D eigenvalue weighted by molar-refractivity contribution is 0.0760. The summed E-state index contributed by atoms with van der Waals surface area (Å²) >= 11 is 7.76. The zero-order valence-corrected chi connectivity index (χ0v) is 16.1. The summed E-state index contributed by atoms with van der Waals surface area (Å²) in [5, 5.41) is 0.726. The number of hydrogen-bond acceptors (Lipinski definition) is 3. The molecule has 0 aliphatic carbocycles. The highest BCUT2D eigenvalue weighted by Gasteiger charge is 2.31. The zero-order chi connectivity index (χ0) is 18.6. The summed E-state index contributed by atoms with van der Waals surface area (Å²) in [6.45, 7) is 0.735. The molecule has 1 aliphatic rings. The van der Waals surface area contributed by atoms with E-state index >= 15 is 0 Å². The van der Waals surface area contributed by atoms with Crippen LogP contribution in [0.1, 0.15) is 21.3 Å². The molecule has 0 aromatic heterocycles. The molecule has 0 N–H and O–H groups in total. The Morgan fingerprint density at radius 2 is 1.59 bits per heavy atom. The molecular weight excluding hydrogens is 378 g/mol. The van der Waals surface area contributed by atoms with E-state index in [0.29, 0.717) is 16.3 Å². The molecule has 136 valence electrons. The molecule has 27 heavy (non-hydrogen) atoms. The summed E-state index contributed by atoms with van der Waals surface area (Å²) < 4.78 is 5.80. The topological polar surface area (TPSA) is 29.5 Å². The molecular formula is C22H18ClNO2S. The first kappa shape index (κ1) is 18.0. The van der Waals surface area contributed by atoms with Crippen molar-refractivity contribution in [3.05, 3.63) is 95.0 Å². The molecule has 1 fully saturated rings. The molecule has 3 aromatic rings. The molecule has 1 aliphatic heterocycles. The molecule has 0 spiro atoms. The summed E-state index contributed by atoms with van der Waals surface area (Å²) in [4.78, 5) is 14.9. The van der Waals surface area contributed by atoms with Gasteiger partial charge in [-0.2, -0.15) is 0 Å². The van der Waals surface area contributed by atoms with Gasteiger partial charge in [0.05, 0.1) is 0 Å². The number of rotatable bonds is 4. The monoisotopic (exact) mass is 395 g/mol. The van der Waals surface area contributed by atoms with E-state index in [9.17, 15) is 4.79 Å². The Balaban J connectivity index is 1.49. The highest BCUT2D eigenvalue weighted by atomic mass is 35.5. The number of benzene rings is 3. The minimum atomic E-state index is 0.0232. The Labute approximate surface area is 167 Å². The third-order valence-electron chi connectivity index (χ3n) is 4.39. The van der Waals surface area contributed by atoms with E-state index in [4.69, 9.17) is 16.3 Å². The van der Waals surface area contributed by atoms with Crippen LogP contribution in [0.3, 0.4) is 0 Å². The van der Waals surface area contributed by atoms with E-state index in [2.05, 4.69) is 0 Å². The van der Waals surface area contributed by atoms with Crippen molar-refractivity contribution in [1.29, 1.82) is 0 Å². The Hall–Kier alpha value is -2.43. The van der Waals surface area contributed by atoms with Crippen LogP contribution in [0.15, 0.2) is 78.9 Å². The molecule has 1 saturated heterocycles. The number of carbonyl (C=O) groups is 1. The molecule has 1 amide bonds. The molecule has 1 unspecified atom stereocenters. The highest BCUT2D eigenvalue weighted by molar-refractivity contribution is 7.99. The minimum Gasteiger partial charge on any atom is -0.457 e. The van der Waals surface area contributed by atoms with Gasteiger partial charge in [0.1, 0.15) is 16.9 Å². The van der Waals surface area contributed by atoms with Gasteiger partial charge in [0.2, 0.25) is 0 Å². The lowest BCUT2D eigenvalue weighted by Crippen LogP contribution is -2.30. The maximum absolute atomic E-state index is 13.0. The van der Waals surface area contributed by atoms with Gasteiger partial charge in [-0.1, -0.05) is 41.9 Å². The first-order valence-electron chi connectivity index (χ1n) is 8.72. The second-order valence-corrected chi connectivity index (χ2v) is 7.84. The average molecular weight is 396 g/mol. The van der Waals surface area contributed by atoms with E-state index in [1.165, 1.54) is 0 Å². The molecule has 3 aromatic carbocycles. The number of carbonyl (C=O) groups excluding carboxylic acids is 1. The summed E-state index contributed by atoms with van der Waals surface area (Å²) in [5.74, 6) is 2.44. The molecule has 1 atom stereocenters. The van der Waals surface area contributed by atoms with Gasteiger partial charge in [-0.05, 0) is 54.1 Å². The van der Waals surface area contributed by atoms with Gasteiger partial charge in [-0.3, -0.25) is 4.79 Å². The van der Waals surface area contributed by atoms with Crippen molar-refractivity contribution in [1.82, 2.24) is 4.90 Å². The van der Waals surface area contributed by atoms with Crippen molar-refractivity contribution in [2.45, 2.75) is 5.37 Å². The number of thioether (sulfide) groups is 1. The number of halogens is 1. The Kier molecular flexibility index (Phi) is 5.37. The fraction of sp³-hybridized carbons (Fsp3) is 0.136. The summed E-state index contributed by atoms with van der Waals surface area (Å²) in [6.07, 6.45) is 0. The number of amides is 1. The molecule has 4 rings (SSSR count). The SMILES string of the molecule is O=C(c1ccc(Oc2ccccc2)cc1)N1CCSC1c1ccc(Cl)cc1. The standard InChI is InChI=1S/C22H18ClNO2S/c23-18-10-6-17(7-11-18)22-24(14-15-27-22)21(25)16-8-12-20(13-9-16)26-19-4-2-1-3-5-19/h1-13,22H,14-15H2. The van der Waals surface area contributed by atoms with Crippen LogP contribution in [0.5, 0.6) is 11.5 Å². The van der Waals surface area contributed by atoms with E-state index in [1.807, 2.05) is 83.8 Å². The number of nitrogens with zero attached hydrogens (tertiary/aromatic N) is 1. The molecule has 5 heteroatoms. The minimum absolute atomic E-state index is 0.0232. The largest absolute Gasteiger partial charge is 0.457 e. The Morgan fingerprint density at radius 3 is 2.30 bits per heavy atom. The van der Waals surface area contributed by atoms with Crippen LogP contribution in [0.2, 0.25) is 5.02 Å². The third-order valence-corrected chi connectivity index (χ3v) is 5.90. The first-order chi connectivity index (χ1) is 13.2. The van der Waals surface area contributed by atoms with Crippen LogP contribution in [-0.4, -0.2) is 23.1 Å². The zero-order valence-electron chi connectivity index (χ0n) is 14.5. The van der Waals surface area contributed by atoms with Gasteiger partial charge in [-0.25, -0.2) is 0 Å². The third kappa shape index (κ3) is 4.12. The highest BCUT2D eigenvalue weighted by Crippen LogP contribution is 2.39. The van der Waals surface area contributed by atoms with E-state index in [0.717, 1.165) is 23.6 Å². The van der Waals surface area contributed by atoms with Gasteiger partial charge in [0.25, 0.3) is 5.91 Å². The summed E-state index contributed by atoms with van der Waals surface area (Å²) in [6, 6.07) is 24.6. The predicted octanol–water partition coefficient (Wildman–Crippen LogP) is 6.02.